The average Bonchev–Trinajstić information content (AvgIpc) is 3.22. The van der Waals surface area contributed by atoms with Gasteiger partial charge in [0.05, 0.1) is 20.3 Å². The van der Waals surface area contributed by atoms with Crippen molar-refractivity contribution in [2.45, 2.75) is 18.6 Å². The Kier molecular flexibility index (Phi) is 5.46. The van der Waals surface area contributed by atoms with E-state index in [9.17, 15) is 9.59 Å². The van der Waals surface area contributed by atoms with Crippen LogP contribution in [0, 0.1) is 0 Å². The second-order valence-corrected chi connectivity index (χ2v) is 7.02. The molecule has 4 rings (SSSR count). The molecule has 3 heterocycles. The minimum Gasteiger partial charge on any atom is -0.497 e. The number of hydrogen-bond acceptors (Lipinski definition) is 6. The number of amides is 2. The number of pyridine rings is 1. The van der Waals surface area contributed by atoms with Gasteiger partial charge in [-0.15, -0.1) is 0 Å². The summed E-state index contributed by atoms with van der Waals surface area (Å²) in [4.78, 5) is 31.3. The minimum absolute atomic E-state index is 0.200. The topological polar surface area (TPSA) is 90.0 Å². The molecule has 0 bridgehead atoms. The van der Waals surface area contributed by atoms with Crippen LogP contribution in [0.5, 0.6) is 5.75 Å². The van der Waals surface area contributed by atoms with Crippen LogP contribution in [0.25, 0.3) is 0 Å². The molecule has 2 saturated heterocycles. The Morgan fingerprint density at radius 1 is 1.14 bits per heavy atom. The molecule has 2 aliphatic heterocycles. The highest BCUT2D eigenvalue weighted by molar-refractivity contribution is 6.05. The molecule has 2 aromatic rings. The van der Waals surface area contributed by atoms with Crippen molar-refractivity contribution < 1.29 is 23.8 Å². The molecule has 0 unspecified atom stereocenters. The van der Waals surface area contributed by atoms with Crippen molar-refractivity contribution in [3.63, 3.8) is 0 Å². The van der Waals surface area contributed by atoms with Crippen LogP contribution in [-0.4, -0.2) is 60.9 Å². The van der Waals surface area contributed by atoms with Crippen molar-refractivity contribution in [2.24, 2.45) is 0 Å². The standard InChI is InChI=1S/C21H23N3O5/c1-27-17-4-2-3-16(14-17)23-19(25)15-5-8-22-18(13-15)20(26)24-9-6-21(7-10-24)28-11-12-29-21/h2-5,8,13-14H,6-7,9-12H2,1H3,(H,23,25). The first kappa shape index (κ1) is 19.4. The summed E-state index contributed by atoms with van der Waals surface area (Å²) < 4.78 is 16.6. The third-order valence-electron chi connectivity index (χ3n) is 5.19. The quantitative estimate of drug-likeness (QED) is 0.852. The van der Waals surface area contributed by atoms with Crippen molar-refractivity contribution in [1.82, 2.24) is 9.88 Å². The van der Waals surface area contributed by atoms with E-state index in [2.05, 4.69) is 10.3 Å². The molecule has 1 N–H and O–H groups in total. The van der Waals surface area contributed by atoms with Gasteiger partial charge >= 0.3 is 0 Å². The number of benzene rings is 1. The number of aromatic nitrogens is 1. The van der Waals surface area contributed by atoms with Crippen LogP contribution in [0.2, 0.25) is 0 Å². The van der Waals surface area contributed by atoms with Gasteiger partial charge in [-0.1, -0.05) is 6.07 Å². The number of likely N-dealkylation sites (tertiary alicyclic amines) is 1. The molecule has 1 aromatic carbocycles. The van der Waals surface area contributed by atoms with Gasteiger partial charge in [-0.3, -0.25) is 14.6 Å². The van der Waals surface area contributed by atoms with Crippen molar-refractivity contribution in [2.75, 3.05) is 38.7 Å². The average molecular weight is 397 g/mol. The molecule has 2 amide bonds. The Morgan fingerprint density at radius 3 is 2.62 bits per heavy atom. The van der Waals surface area contributed by atoms with Gasteiger partial charge in [0.2, 0.25) is 0 Å². The van der Waals surface area contributed by atoms with E-state index in [4.69, 9.17) is 14.2 Å². The second-order valence-electron chi connectivity index (χ2n) is 7.02. The van der Waals surface area contributed by atoms with Gasteiger partial charge in [-0.2, -0.15) is 0 Å². The molecule has 0 aliphatic carbocycles. The SMILES string of the molecule is COc1cccc(NC(=O)c2ccnc(C(=O)N3CCC4(CC3)OCCO4)c2)c1. The fourth-order valence-electron chi connectivity index (χ4n) is 3.59. The Hall–Kier alpha value is -2.97. The Morgan fingerprint density at radius 2 is 1.90 bits per heavy atom. The third kappa shape index (κ3) is 4.23. The summed E-state index contributed by atoms with van der Waals surface area (Å²) in [7, 11) is 1.56. The van der Waals surface area contributed by atoms with Gasteiger partial charge in [0.15, 0.2) is 5.79 Å². The highest BCUT2D eigenvalue weighted by Crippen LogP contribution is 2.31. The molecule has 1 spiro atoms. The number of piperidine rings is 1. The summed E-state index contributed by atoms with van der Waals surface area (Å²) in [5.74, 6) is -0.414. The van der Waals surface area contributed by atoms with E-state index in [0.29, 0.717) is 56.1 Å². The summed E-state index contributed by atoms with van der Waals surface area (Å²) in [6.45, 7) is 2.25. The van der Waals surface area contributed by atoms with E-state index >= 15 is 0 Å². The zero-order chi connectivity index (χ0) is 20.3. The summed E-state index contributed by atoms with van der Waals surface area (Å²) in [6, 6.07) is 10.2. The van der Waals surface area contributed by atoms with Gasteiger partial charge in [0.1, 0.15) is 11.4 Å². The van der Waals surface area contributed by atoms with E-state index in [1.54, 1.807) is 42.3 Å². The Balaban J connectivity index is 1.42. The number of methoxy groups -OCH3 is 1. The zero-order valence-corrected chi connectivity index (χ0v) is 16.2. The molecular formula is C21H23N3O5. The van der Waals surface area contributed by atoms with Crippen LogP contribution in [0.1, 0.15) is 33.7 Å². The van der Waals surface area contributed by atoms with Crippen LogP contribution >= 0.6 is 0 Å². The van der Waals surface area contributed by atoms with E-state index in [1.807, 2.05) is 0 Å². The monoisotopic (exact) mass is 397 g/mol. The van der Waals surface area contributed by atoms with Crippen molar-refractivity contribution in [3.8, 4) is 5.75 Å². The number of ether oxygens (including phenoxy) is 3. The van der Waals surface area contributed by atoms with Crippen molar-refractivity contribution in [1.29, 1.82) is 0 Å². The number of rotatable bonds is 4. The molecule has 1 aromatic heterocycles. The van der Waals surface area contributed by atoms with Gasteiger partial charge < -0.3 is 24.4 Å². The van der Waals surface area contributed by atoms with Crippen LogP contribution < -0.4 is 10.1 Å². The van der Waals surface area contributed by atoms with Gasteiger partial charge in [-0.25, -0.2) is 0 Å². The number of nitrogens with zero attached hydrogens (tertiary/aromatic N) is 2. The molecule has 2 aliphatic rings. The summed E-state index contributed by atoms with van der Waals surface area (Å²) in [5.41, 5.74) is 1.21. The number of carbonyl (C=O) groups is 2. The van der Waals surface area contributed by atoms with E-state index in [0.717, 1.165) is 0 Å². The van der Waals surface area contributed by atoms with E-state index in [-0.39, 0.29) is 17.5 Å². The van der Waals surface area contributed by atoms with Crippen molar-refractivity contribution >= 4 is 17.5 Å². The van der Waals surface area contributed by atoms with Gasteiger partial charge in [-0.05, 0) is 24.3 Å². The number of hydrogen-bond donors (Lipinski definition) is 1. The molecular weight excluding hydrogens is 374 g/mol. The summed E-state index contributed by atoms with van der Waals surface area (Å²) >= 11 is 0. The van der Waals surface area contributed by atoms with E-state index in [1.165, 1.54) is 12.3 Å². The molecule has 152 valence electrons. The largest absolute Gasteiger partial charge is 0.497 e. The summed E-state index contributed by atoms with van der Waals surface area (Å²) in [6.07, 6.45) is 2.74. The number of carbonyl (C=O) groups excluding carboxylic acids is 2. The smallest absolute Gasteiger partial charge is 0.272 e. The lowest BCUT2D eigenvalue weighted by molar-refractivity contribution is -0.181. The highest BCUT2D eigenvalue weighted by atomic mass is 16.7. The molecule has 8 heteroatoms. The molecule has 0 radical (unpaired) electrons. The lowest BCUT2D eigenvalue weighted by Gasteiger charge is -2.37. The lowest BCUT2D eigenvalue weighted by atomic mass is 10.0. The predicted octanol–water partition coefficient (Wildman–Crippen LogP) is 2.32. The molecule has 0 atom stereocenters. The number of nitrogens with one attached hydrogen (secondary N) is 1. The van der Waals surface area contributed by atoms with Crippen LogP contribution in [0.4, 0.5) is 5.69 Å². The first-order chi connectivity index (χ1) is 14.1. The number of anilines is 1. The van der Waals surface area contributed by atoms with Crippen LogP contribution in [-0.2, 0) is 9.47 Å². The maximum Gasteiger partial charge on any atom is 0.272 e. The fourth-order valence-corrected chi connectivity index (χ4v) is 3.59. The van der Waals surface area contributed by atoms with Gasteiger partial charge in [0, 0.05) is 49.4 Å². The summed E-state index contributed by atoms with van der Waals surface area (Å²) in [5, 5.41) is 2.81. The Bertz CT molecular complexity index is 901. The van der Waals surface area contributed by atoms with Crippen LogP contribution in [0.3, 0.4) is 0 Å². The second kappa shape index (κ2) is 8.18. The highest BCUT2D eigenvalue weighted by Gasteiger charge is 2.41. The third-order valence-corrected chi connectivity index (χ3v) is 5.19. The maximum absolute atomic E-state index is 12.9. The minimum atomic E-state index is -0.539. The molecule has 8 nitrogen and oxygen atoms in total. The maximum atomic E-state index is 12.9. The van der Waals surface area contributed by atoms with Gasteiger partial charge in [0.25, 0.3) is 11.8 Å². The zero-order valence-electron chi connectivity index (χ0n) is 16.2. The predicted molar refractivity (Wildman–Crippen MR) is 105 cm³/mol. The van der Waals surface area contributed by atoms with Crippen LogP contribution in [0.15, 0.2) is 42.6 Å². The first-order valence-electron chi connectivity index (χ1n) is 9.57. The Labute approximate surface area is 168 Å². The fraction of sp³-hybridized carbons (Fsp3) is 0.381. The molecule has 0 saturated carbocycles. The van der Waals surface area contributed by atoms with E-state index < -0.39 is 5.79 Å². The molecule has 29 heavy (non-hydrogen) atoms. The normalized spacial score (nSPS) is 17.9. The first-order valence-corrected chi connectivity index (χ1v) is 9.57. The molecule has 2 fully saturated rings. The van der Waals surface area contributed by atoms with Crippen molar-refractivity contribution in [3.05, 3.63) is 53.9 Å². The lowest BCUT2D eigenvalue weighted by Crippen LogP contribution is -2.47.